The van der Waals surface area contributed by atoms with Gasteiger partial charge in [0.15, 0.2) is 0 Å². The second-order valence-electron chi connectivity index (χ2n) is 3.98. The minimum atomic E-state index is -0.393. The molecule has 0 bridgehead atoms. The number of morpholine rings is 1. The van der Waals surface area contributed by atoms with E-state index in [0.29, 0.717) is 6.54 Å². The van der Waals surface area contributed by atoms with Crippen LogP contribution in [0, 0.1) is 3.57 Å². The lowest BCUT2D eigenvalue weighted by Crippen LogP contribution is -2.38. The Morgan fingerprint density at radius 1 is 1.25 bits per heavy atom. The van der Waals surface area contributed by atoms with E-state index in [1.54, 1.807) is 0 Å². The zero-order valence-electron chi connectivity index (χ0n) is 9.10. The monoisotopic (exact) mass is 333 g/mol. The number of benzene rings is 1. The van der Waals surface area contributed by atoms with Crippen molar-refractivity contribution in [3.05, 3.63) is 33.4 Å². The van der Waals surface area contributed by atoms with Crippen molar-refractivity contribution in [3.63, 3.8) is 0 Å². The summed E-state index contributed by atoms with van der Waals surface area (Å²) in [6.45, 7) is 4.09. The molecule has 1 saturated heterocycles. The molecule has 1 N–H and O–H groups in total. The summed E-state index contributed by atoms with van der Waals surface area (Å²) in [6.07, 6.45) is -0.393. The van der Waals surface area contributed by atoms with Crippen LogP contribution in [-0.4, -0.2) is 42.9 Å². The molecule has 1 heterocycles. The van der Waals surface area contributed by atoms with Gasteiger partial charge in [-0.25, -0.2) is 0 Å². The maximum Gasteiger partial charge on any atom is 0.0916 e. The van der Waals surface area contributed by atoms with E-state index in [0.717, 1.165) is 31.9 Å². The Kier molecular flexibility index (Phi) is 4.57. The van der Waals surface area contributed by atoms with Gasteiger partial charge in [0.2, 0.25) is 0 Å². The van der Waals surface area contributed by atoms with Crippen LogP contribution >= 0.6 is 22.6 Å². The summed E-state index contributed by atoms with van der Waals surface area (Å²) in [7, 11) is 0. The van der Waals surface area contributed by atoms with Crippen LogP contribution in [0.25, 0.3) is 0 Å². The molecule has 1 atom stereocenters. The van der Waals surface area contributed by atoms with E-state index in [1.165, 1.54) is 3.57 Å². The van der Waals surface area contributed by atoms with Crippen LogP contribution in [0.5, 0.6) is 0 Å². The Balaban J connectivity index is 1.91. The third kappa shape index (κ3) is 3.41. The number of hydrogen-bond donors (Lipinski definition) is 1. The van der Waals surface area contributed by atoms with Crippen LogP contribution in [0.1, 0.15) is 11.7 Å². The smallest absolute Gasteiger partial charge is 0.0916 e. The third-order valence-corrected chi connectivity index (χ3v) is 3.51. The Morgan fingerprint density at radius 2 is 1.88 bits per heavy atom. The lowest BCUT2D eigenvalue weighted by Gasteiger charge is -2.28. The molecule has 2 rings (SSSR count). The van der Waals surface area contributed by atoms with Crippen molar-refractivity contribution in [3.8, 4) is 0 Å². The first kappa shape index (κ1) is 12.3. The SMILES string of the molecule is OC(CN1CCOCC1)c1ccc(I)cc1. The molecule has 1 aliphatic rings. The maximum absolute atomic E-state index is 10.1. The predicted octanol–water partition coefficient (Wildman–Crippen LogP) is 1.66. The normalized spacial score (nSPS) is 19.6. The summed E-state index contributed by atoms with van der Waals surface area (Å²) < 4.78 is 6.47. The minimum absolute atomic E-state index is 0.393. The Labute approximate surface area is 110 Å². The van der Waals surface area contributed by atoms with Gasteiger partial charge in [0.05, 0.1) is 19.3 Å². The van der Waals surface area contributed by atoms with Crippen molar-refractivity contribution in [1.29, 1.82) is 0 Å². The van der Waals surface area contributed by atoms with Gasteiger partial charge in [0.1, 0.15) is 0 Å². The number of aliphatic hydroxyl groups excluding tert-OH is 1. The molecule has 0 saturated carbocycles. The summed E-state index contributed by atoms with van der Waals surface area (Å²) in [5, 5.41) is 10.1. The molecule has 16 heavy (non-hydrogen) atoms. The summed E-state index contributed by atoms with van der Waals surface area (Å²) in [4.78, 5) is 2.24. The van der Waals surface area contributed by atoms with Gasteiger partial charge >= 0.3 is 0 Å². The number of aliphatic hydroxyl groups is 1. The van der Waals surface area contributed by atoms with E-state index in [1.807, 2.05) is 24.3 Å². The number of rotatable bonds is 3. The first-order chi connectivity index (χ1) is 7.75. The van der Waals surface area contributed by atoms with Gasteiger partial charge in [-0.05, 0) is 40.3 Å². The van der Waals surface area contributed by atoms with Gasteiger partial charge in [-0.2, -0.15) is 0 Å². The number of β-amino-alcohol motifs (C(OH)–C–C–N with tert-alkyl or cyclic N) is 1. The van der Waals surface area contributed by atoms with Crippen molar-refractivity contribution in [2.24, 2.45) is 0 Å². The Bertz CT molecular complexity index is 322. The van der Waals surface area contributed by atoms with Gasteiger partial charge < -0.3 is 9.84 Å². The first-order valence-corrected chi connectivity index (χ1v) is 6.57. The number of hydrogen-bond acceptors (Lipinski definition) is 3. The van der Waals surface area contributed by atoms with Crippen molar-refractivity contribution < 1.29 is 9.84 Å². The van der Waals surface area contributed by atoms with Gasteiger partial charge in [0, 0.05) is 23.2 Å². The second-order valence-corrected chi connectivity index (χ2v) is 5.23. The van der Waals surface area contributed by atoms with E-state index < -0.39 is 6.10 Å². The summed E-state index contributed by atoms with van der Waals surface area (Å²) >= 11 is 2.27. The highest BCUT2D eigenvalue weighted by Crippen LogP contribution is 2.16. The van der Waals surface area contributed by atoms with Crippen LogP contribution in [0.3, 0.4) is 0 Å². The first-order valence-electron chi connectivity index (χ1n) is 5.49. The van der Waals surface area contributed by atoms with Crippen LogP contribution in [0.15, 0.2) is 24.3 Å². The highest BCUT2D eigenvalue weighted by Gasteiger charge is 2.15. The van der Waals surface area contributed by atoms with Gasteiger partial charge in [0.25, 0.3) is 0 Å². The molecular formula is C12H16INO2. The van der Waals surface area contributed by atoms with E-state index in [-0.39, 0.29) is 0 Å². The fraction of sp³-hybridized carbons (Fsp3) is 0.500. The molecule has 0 aliphatic carbocycles. The fourth-order valence-electron chi connectivity index (χ4n) is 1.82. The van der Waals surface area contributed by atoms with Crippen molar-refractivity contribution in [2.75, 3.05) is 32.8 Å². The topological polar surface area (TPSA) is 32.7 Å². The van der Waals surface area contributed by atoms with Gasteiger partial charge in [-0.15, -0.1) is 0 Å². The summed E-state index contributed by atoms with van der Waals surface area (Å²) in [6, 6.07) is 8.04. The lowest BCUT2D eigenvalue weighted by atomic mass is 10.1. The van der Waals surface area contributed by atoms with Gasteiger partial charge in [-0.1, -0.05) is 12.1 Å². The minimum Gasteiger partial charge on any atom is -0.387 e. The molecule has 1 aromatic rings. The zero-order chi connectivity index (χ0) is 11.4. The number of nitrogens with zero attached hydrogens (tertiary/aromatic N) is 1. The number of ether oxygens (including phenoxy) is 1. The van der Waals surface area contributed by atoms with Crippen molar-refractivity contribution in [2.45, 2.75) is 6.10 Å². The van der Waals surface area contributed by atoms with Crippen LogP contribution in [0.2, 0.25) is 0 Å². The second kappa shape index (κ2) is 5.95. The Hall–Kier alpha value is -0.170. The number of halogens is 1. The van der Waals surface area contributed by atoms with Crippen LogP contribution in [0.4, 0.5) is 0 Å². The van der Waals surface area contributed by atoms with E-state index in [9.17, 15) is 5.11 Å². The van der Waals surface area contributed by atoms with E-state index >= 15 is 0 Å². The molecule has 0 aromatic heterocycles. The average Bonchev–Trinajstić information content (AvgIpc) is 2.31. The maximum atomic E-state index is 10.1. The largest absolute Gasteiger partial charge is 0.387 e. The standard InChI is InChI=1S/C12H16INO2/c13-11-3-1-10(2-4-11)12(15)9-14-5-7-16-8-6-14/h1-4,12,15H,5-9H2. The highest BCUT2D eigenvalue weighted by molar-refractivity contribution is 14.1. The summed E-state index contributed by atoms with van der Waals surface area (Å²) in [5.74, 6) is 0. The molecular weight excluding hydrogens is 317 g/mol. The molecule has 0 radical (unpaired) electrons. The Morgan fingerprint density at radius 3 is 2.50 bits per heavy atom. The summed E-state index contributed by atoms with van der Waals surface area (Å²) in [5.41, 5.74) is 0.993. The molecule has 0 amide bonds. The quantitative estimate of drug-likeness (QED) is 0.854. The van der Waals surface area contributed by atoms with E-state index in [2.05, 4.69) is 27.5 Å². The molecule has 1 unspecified atom stereocenters. The zero-order valence-corrected chi connectivity index (χ0v) is 11.3. The van der Waals surface area contributed by atoms with Crippen molar-refractivity contribution in [1.82, 2.24) is 4.90 Å². The van der Waals surface area contributed by atoms with Crippen LogP contribution in [-0.2, 0) is 4.74 Å². The van der Waals surface area contributed by atoms with Crippen LogP contribution < -0.4 is 0 Å². The molecule has 4 heteroatoms. The molecule has 1 aliphatic heterocycles. The van der Waals surface area contributed by atoms with E-state index in [4.69, 9.17) is 4.74 Å². The molecule has 88 valence electrons. The van der Waals surface area contributed by atoms with Crippen molar-refractivity contribution >= 4 is 22.6 Å². The molecule has 0 spiro atoms. The predicted molar refractivity (Wildman–Crippen MR) is 71.4 cm³/mol. The molecule has 3 nitrogen and oxygen atoms in total. The fourth-order valence-corrected chi connectivity index (χ4v) is 2.18. The van der Waals surface area contributed by atoms with Gasteiger partial charge in [-0.3, -0.25) is 4.90 Å². The third-order valence-electron chi connectivity index (χ3n) is 2.79. The average molecular weight is 333 g/mol. The highest BCUT2D eigenvalue weighted by atomic mass is 127. The molecule has 1 fully saturated rings. The molecule has 1 aromatic carbocycles. The lowest BCUT2D eigenvalue weighted by molar-refractivity contribution is 0.0143.